The lowest BCUT2D eigenvalue weighted by atomic mass is 9.75. The second-order valence-corrected chi connectivity index (χ2v) is 6.86. The van der Waals surface area contributed by atoms with Crippen molar-refractivity contribution < 1.29 is 5.11 Å². The molecule has 1 spiro atoms. The Labute approximate surface area is 105 Å². The molecule has 0 radical (unpaired) electrons. The summed E-state index contributed by atoms with van der Waals surface area (Å²) in [5.41, 5.74) is 0.739. The molecule has 2 nitrogen and oxygen atoms in total. The van der Waals surface area contributed by atoms with Gasteiger partial charge in [-0.1, -0.05) is 25.7 Å². The van der Waals surface area contributed by atoms with Crippen LogP contribution in [0.5, 0.6) is 0 Å². The van der Waals surface area contributed by atoms with Gasteiger partial charge in [0, 0.05) is 26.2 Å². The molecule has 0 bridgehead atoms. The van der Waals surface area contributed by atoms with E-state index in [1.807, 2.05) is 0 Å². The summed E-state index contributed by atoms with van der Waals surface area (Å²) in [7, 11) is 0. The molecule has 0 amide bonds. The molecule has 1 heterocycles. The SMILES string of the molecule is OCC1CCCCC1CN1CC2(CCCC2)C1. The predicted octanol–water partition coefficient (Wildman–Crippen LogP) is 2.66. The van der Waals surface area contributed by atoms with Crippen molar-refractivity contribution in [3.8, 4) is 0 Å². The number of hydrogen-bond donors (Lipinski definition) is 1. The van der Waals surface area contributed by atoms with Gasteiger partial charge in [0.2, 0.25) is 0 Å². The van der Waals surface area contributed by atoms with Crippen molar-refractivity contribution in [2.75, 3.05) is 26.2 Å². The molecule has 0 aromatic carbocycles. The zero-order valence-corrected chi connectivity index (χ0v) is 11.0. The molecule has 1 saturated heterocycles. The standard InChI is InChI=1S/C15H27NO/c17-10-14-6-2-1-5-13(14)9-16-11-15(12-16)7-3-4-8-15/h13-14,17H,1-12H2. The van der Waals surface area contributed by atoms with Crippen LogP contribution in [0.25, 0.3) is 0 Å². The summed E-state index contributed by atoms with van der Waals surface area (Å²) in [5.74, 6) is 1.39. The molecule has 1 aliphatic heterocycles. The quantitative estimate of drug-likeness (QED) is 0.816. The first-order valence-corrected chi connectivity index (χ1v) is 7.65. The molecule has 3 aliphatic rings. The van der Waals surface area contributed by atoms with Crippen LogP contribution in [0.2, 0.25) is 0 Å². The van der Waals surface area contributed by atoms with E-state index in [0.29, 0.717) is 12.5 Å². The van der Waals surface area contributed by atoms with Gasteiger partial charge in [-0.3, -0.25) is 0 Å². The summed E-state index contributed by atoms with van der Waals surface area (Å²) in [6.45, 7) is 4.42. The molecular formula is C15H27NO. The fourth-order valence-electron chi connectivity index (χ4n) is 4.57. The Kier molecular flexibility index (Phi) is 3.45. The van der Waals surface area contributed by atoms with E-state index in [4.69, 9.17) is 0 Å². The van der Waals surface area contributed by atoms with Crippen LogP contribution >= 0.6 is 0 Å². The van der Waals surface area contributed by atoms with Gasteiger partial charge in [0.1, 0.15) is 0 Å². The third kappa shape index (κ3) is 2.39. The van der Waals surface area contributed by atoms with Crippen LogP contribution < -0.4 is 0 Å². The molecule has 3 rings (SSSR count). The highest BCUT2D eigenvalue weighted by molar-refractivity contribution is 4.98. The van der Waals surface area contributed by atoms with Crippen LogP contribution in [-0.4, -0.2) is 36.2 Å². The van der Waals surface area contributed by atoms with Crippen molar-refractivity contribution >= 4 is 0 Å². The van der Waals surface area contributed by atoms with E-state index >= 15 is 0 Å². The second kappa shape index (κ2) is 4.89. The first kappa shape index (κ1) is 12.0. The van der Waals surface area contributed by atoms with Crippen LogP contribution in [0.4, 0.5) is 0 Å². The van der Waals surface area contributed by atoms with E-state index in [2.05, 4.69) is 4.90 Å². The zero-order chi connectivity index (χ0) is 11.7. The highest BCUT2D eigenvalue weighted by Crippen LogP contribution is 2.46. The molecule has 2 saturated carbocycles. The normalized spacial score (nSPS) is 37.2. The van der Waals surface area contributed by atoms with Gasteiger partial charge in [0.05, 0.1) is 0 Å². The van der Waals surface area contributed by atoms with Gasteiger partial charge < -0.3 is 10.0 Å². The zero-order valence-electron chi connectivity index (χ0n) is 11.0. The van der Waals surface area contributed by atoms with Crippen molar-refractivity contribution in [3.05, 3.63) is 0 Å². The van der Waals surface area contributed by atoms with E-state index in [1.165, 1.54) is 71.0 Å². The minimum atomic E-state index is 0.420. The third-order valence-corrected chi connectivity index (χ3v) is 5.58. The number of likely N-dealkylation sites (tertiary alicyclic amines) is 1. The maximum absolute atomic E-state index is 9.45. The topological polar surface area (TPSA) is 23.5 Å². The lowest BCUT2D eigenvalue weighted by Crippen LogP contribution is -2.56. The summed E-state index contributed by atoms with van der Waals surface area (Å²) in [6.07, 6.45) is 11.3. The van der Waals surface area contributed by atoms with Gasteiger partial charge in [0.15, 0.2) is 0 Å². The fourth-order valence-corrected chi connectivity index (χ4v) is 4.57. The fraction of sp³-hybridized carbons (Fsp3) is 1.00. The Balaban J connectivity index is 1.47. The second-order valence-electron chi connectivity index (χ2n) is 6.86. The lowest BCUT2D eigenvalue weighted by molar-refractivity contribution is -0.0210. The minimum absolute atomic E-state index is 0.420. The van der Waals surface area contributed by atoms with Crippen molar-refractivity contribution in [1.29, 1.82) is 0 Å². The number of rotatable bonds is 3. The van der Waals surface area contributed by atoms with Gasteiger partial charge in [-0.05, 0) is 42.9 Å². The Morgan fingerprint density at radius 2 is 1.59 bits per heavy atom. The Morgan fingerprint density at radius 3 is 2.24 bits per heavy atom. The average Bonchev–Trinajstić information content (AvgIpc) is 2.78. The average molecular weight is 237 g/mol. The maximum atomic E-state index is 9.45. The van der Waals surface area contributed by atoms with Crippen molar-refractivity contribution in [2.45, 2.75) is 51.4 Å². The van der Waals surface area contributed by atoms with Crippen LogP contribution in [0.15, 0.2) is 0 Å². The predicted molar refractivity (Wildman–Crippen MR) is 69.9 cm³/mol. The molecule has 0 aromatic rings. The third-order valence-electron chi connectivity index (χ3n) is 5.58. The van der Waals surface area contributed by atoms with Gasteiger partial charge in [-0.25, -0.2) is 0 Å². The van der Waals surface area contributed by atoms with Crippen LogP contribution in [0.3, 0.4) is 0 Å². The largest absolute Gasteiger partial charge is 0.396 e. The van der Waals surface area contributed by atoms with Crippen LogP contribution in [0.1, 0.15) is 51.4 Å². The maximum Gasteiger partial charge on any atom is 0.0462 e. The Hall–Kier alpha value is -0.0800. The van der Waals surface area contributed by atoms with Crippen molar-refractivity contribution in [2.24, 2.45) is 17.3 Å². The number of hydrogen-bond acceptors (Lipinski definition) is 2. The highest BCUT2D eigenvalue weighted by Gasteiger charge is 2.45. The smallest absolute Gasteiger partial charge is 0.0462 e. The van der Waals surface area contributed by atoms with Crippen LogP contribution in [-0.2, 0) is 0 Å². The van der Waals surface area contributed by atoms with Crippen molar-refractivity contribution in [1.82, 2.24) is 4.90 Å². The van der Waals surface area contributed by atoms with Crippen LogP contribution in [0, 0.1) is 17.3 Å². The Bertz CT molecular complexity index is 252. The molecule has 2 atom stereocenters. The molecule has 2 unspecified atom stereocenters. The molecule has 17 heavy (non-hydrogen) atoms. The number of aliphatic hydroxyl groups excluding tert-OH is 1. The summed E-state index contributed by atoms with van der Waals surface area (Å²) in [6, 6.07) is 0. The van der Waals surface area contributed by atoms with E-state index in [0.717, 1.165) is 11.3 Å². The highest BCUT2D eigenvalue weighted by atomic mass is 16.3. The van der Waals surface area contributed by atoms with E-state index in [9.17, 15) is 5.11 Å². The molecule has 1 N–H and O–H groups in total. The van der Waals surface area contributed by atoms with E-state index in [-0.39, 0.29) is 0 Å². The first-order valence-electron chi connectivity index (χ1n) is 7.65. The van der Waals surface area contributed by atoms with Gasteiger partial charge in [-0.2, -0.15) is 0 Å². The summed E-state index contributed by atoms with van der Waals surface area (Å²) in [4.78, 5) is 2.67. The van der Waals surface area contributed by atoms with Gasteiger partial charge in [0.25, 0.3) is 0 Å². The lowest BCUT2D eigenvalue weighted by Gasteiger charge is -2.50. The van der Waals surface area contributed by atoms with Gasteiger partial charge >= 0.3 is 0 Å². The number of nitrogens with zero attached hydrogens (tertiary/aromatic N) is 1. The molecule has 98 valence electrons. The summed E-state index contributed by atoms with van der Waals surface area (Å²) < 4.78 is 0. The molecule has 2 heteroatoms. The molecule has 3 fully saturated rings. The molecular weight excluding hydrogens is 210 g/mol. The van der Waals surface area contributed by atoms with E-state index in [1.54, 1.807) is 0 Å². The monoisotopic (exact) mass is 237 g/mol. The summed E-state index contributed by atoms with van der Waals surface area (Å²) in [5, 5.41) is 9.45. The Morgan fingerprint density at radius 1 is 0.941 bits per heavy atom. The van der Waals surface area contributed by atoms with E-state index < -0.39 is 0 Å². The molecule has 0 aromatic heterocycles. The summed E-state index contributed by atoms with van der Waals surface area (Å²) >= 11 is 0. The van der Waals surface area contributed by atoms with Crippen molar-refractivity contribution in [3.63, 3.8) is 0 Å². The first-order chi connectivity index (χ1) is 8.31. The molecule has 2 aliphatic carbocycles. The van der Waals surface area contributed by atoms with Gasteiger partial charge in [-0.15, -0.1) is 0 Å². The minimum Gasteiger partial charge on any atom is -0.396 e. The number of aliphatic hydroxyl groups is 1.